The zero-order chi connectivity index (χ0) is 14.5. The number of ether oxygens (including phenoxy) is 1. The van der Waals surface area contributed by atoms with Crippen LogP contribution in [0.25, 0.3) is 0 Å². The number of morpholine rings is 1. The van der Waals surface area contributed by atoms with Gasteiger partial charge in [-0.25, -0.2) is 0 Å². The molecule has 1 aliphatic rings. The van der Waals surface area contributed by atoms with Crippen LogP contribution >= 0.6 is 11.6 Å². The van der Waals surface area contributed by atoms with E-state index >= 15 is 0 Å². The van der Waals surface area contributed by atoms with Crippen molar-refractivity contribution in [2.75, 3.05) is 32.1 Å². The zero-order valence-corrected chi connectivity index (χ0v) is 14.0. The van der Waals surface area contributed by atoms with E-state index in [1.165, 1.54) is 0 Å². The SMILES string of the molecule is CC(C)N1CCOC(CNC(CCCl)C(C)(C)C)C1. The van der Waals surface area contributed by atoms with Gasteiger partial charge in [-0.2, -0.15) is 0 Å². The third-order valence-electron chi connectivity index (χ3n) is 3.94. The topological polar surface area (TPSA) is 24.5 Å². The Morgan fingerprint density at radius 1 is 1.37 bits per heavy atom. The molecule has 4 heteroatoms. The van der Waals surface area contributed by atoms with Crippen molar-refractivity contribution in [2.24, 2.45) is 5.41 Å². The first-order chi connectivity index (χ1) is 8.84. The normalized spacial score (nSPS) is 23.8. The Bertz CT molecular complexity index is 253. The van der Waals surface area contributed by atoms with Gasteiger partial charge in [0.1, 0.15) is 0 Å². The standard InChI is InChI=1S/C15H31ClN2O/c1-12(2)18-8-9-19-13(11-18)10-17-14(6-7-16)15(3,4)5/h12-14,17H,6-11H2,1-5H3. The number of alkyl halides is 1. The van der Waals surface area contributed by atoms with Crippen LogP contribution in [0, 0.1) is 5.41 Å². The number of hydrogen-bond donors (Lipinski definition) is 1. The summed E-state index contributed by atoms with van der Waals surface area (Å²) in [5, 5.41) is 3.65. The highest BCUT2D eigenvalue weighted by Crippen LogP contribution is 2.22. The molecular formula is C15H31ClN2O. The van der Waals surface area contributed by atoms with E-state index in [1.807, 2.05) is 0 Å². The Labute approximate surface area is 124 Å². The van der Waals surface area contributed by atoms with E-state index < -0.39 is 0 Å². The molecular weight excluding hydrogens is 260 g/mol. The van der Waals surface area contributed by atoms with Crippen molar-refractivity contribution < 1.29 is 4.74 Å². The van der Waals surface area contributed by atoms with E-state index in [0.29, 0.717) is 24.1 Å². The fraction of sp³-hybridized carbons (Fsp3) is 1.00. The van der Waals surface area contributed by atoms with Crippen LogP contribution in [0.4, 0.5) is 0 Å². The second-order valence-electron chi connectivity index (χ2n) is 6.89. The average Bonchev–Trinajstić information content (AvgIpc) is 2.33. The second-order valence-corrected chi connectivity index (χ2v) is 7.26. The Morgan fingerprint density at radius 3 is 2.58 bits per heavy atom. The van der Waals surface area contributed by atoms with Gasteiger partial charge < -0.3 is 10.1 Å². The first kappa shape index (κ1) is 17.2. The lowest BCUT2D eigenvalue weighted by Crippen LogP contribution is -2.51. The average molecular weight is 291 g/mol. The Balaban J connectivity index is 2.41. The molecule has 3 nitrogen and oxygen atoms in total. The van der Waals surface area contributed by atoms with Crippen LogP contribution in [0.1, 0.15) is 41.0 Å². The molecule has 0 amide bonds. The molecule has 0 aromatic rings. The van der Waals surface area contributed by atoms with Crippen LogP contribution in [0.15, 0.2) is 0 Å². The minimum Gasteiger partial charge on any atom is -0.374 e. The second kappa shape index (κ2) is 7.82. The van der Waals surface area contributed by atoms with Gasteiger partial charge in [0.15, 0.2) is 0 Å². The predicted molar refractivity (Wildman–Crippen MR) is 83.0 cm³/mol. The molecule has 0 aliphatic carbocycles. The molecule has 1 aliphatic heterocycles. The lowest BCUT2D eigenvalue weighted by molar-refractivity contribution is -0.0394. The predicted octanol–water partition coefficient (Wildman–Crippen LogP) is 2.73. The van der Waals surface area contributed by atoms with Gasteiger partial charge >= 0.3 is 0 Å². The van der Waals surface area contributed by atoms with Crippen molar-refractivity contribution in [1.29, 1.82) is 0 Å². The van der Waals surface area contributed by atoms with Gasteiger partial charge in [-0.3, -0.25) is 4.90 Å². The van der Waals surface area contributed by atoms with Crippen LogP contribution in [0.3, 0.4) is 0 Å². The van der Waals surface area contributed by atoms with Crippen LogP contribution in [0.2, 0.25) is 0 Å². The number of nitrogens with zero attached hydrogens (tertiary/aromatic N) is 1. The van der Waals surface area contributed by atoms with E-state index in [-0.39, 0.29) is 5.41 Å². The van der Waals surface area contributed by atoms with Gasteiger partial charge in [0.05, 0.1) is 12.7 Å². The quantitative estimate of drug-likeness (QED) is 0.761. The van der Waals surface area contributed by atoms with Gasteiger partial charge in [0, 0.05) is 37.6 Å². The molecule has 0 saturated carbocycles. The van der Waals surface area contributed by atoms with Crippen molar-refractivity contribution in [3.8, 4) is 0 Å². The molecule has 1 fully saturated rings. The molecule has 0 spiro atoms. The molecule has 1 heterocycles. The number of rotatable bonds is 6. The summed E-state index contributed by atoms with van der Waals surface area (Å²) in [5.41, 5.74) is 0.237. The van der Waals surface area contributed by atoms with Crippen LogP contribution in [0.5, 0.6) is 0 Å². The minimum absolute atomic E-state index is 0.237. The van der Waals surface area contributed by atoms with E-state index in [9.17, 15) is 0 Å². The van der Waals surface area contributed by atoms with Gasteiger partial charge in [0.25, 0.3) is 0 Å². The van der Waals surface area contributed by atoms with E-state index in [0.717, 1.165) is 32.7 Å². The molecule has 2 atom stereocenters. The summed E-state index contributed by atoms with van der Waals surface area (Å²) < 4.78 is 5.86. The Morgan fingerprint density at radius 2 is 2.05 bits per heavy atom. The maximum Gasteiger partial charge on any atom is 0.0826 e. The highest BCUT2D eigenvalue weighted by molar-refractivity contribution is 6.17. The zero-order valence-electron chi connectivity index (χ0n) is 13.2. The lowest BCUT2D eigenvalue weighted by atomic mass is 9.85. The first-order valence-corrected chi connectivity index (χ1v) is 8.03. The van der Waals surface area contributed by atoms with E-state index in [2.05, 4.69) is 44.8 Å². The minimum atomic E-state index is 0.237. The summed E-state index contributed by atoms with van der Waals surface area (Å²) in [6.07, 6.45) is 1.31. The van der Waals surface area contributed by atoms with Crippen molar-refractivity contribution in [3.63, 3.8) is 0 Å². The van der Waals surface area contributed by atoms with Crippen molar-refractivity contribution in [1.82, 2.24) is 10.2 Å². The molecule has 2 unspecified atom stereocenters. The lowest BCUT2D eigenvalue weighted by Gasteiger charge is -2.38. The summed E-state index contributed by atoms with van der Waals surface area (Å²) >= 11 is 5.91. The summed E-state index contributed by atoms with van der Waals surface area (Å²) in [6, 6.07) is 1.05. The first-order valence-electron chi connectivity index (χ1n) is 7.49. The highest BCUT2D eigenvalue weighted by atomic mass is 35.5. The Hall–Kier alpha value is 0.170. The van der Waals surface area contributed by atoms with Crippen molar-refractivity contribution in [3.05, 3.63) is 0 Å². The monoisotopic (exact) mass is 290 g/mol. The molecule has 0 aromatic heterocycles. The van der Waals surface area contributed by atoms with Gasteiger partial charge in [-0.15, -0.1) is 11.6 Å². The molecule has 0 bridgehead atoms. The molecule has 114 valence electrons. The van der Waals surface area contributed by atoms with Gasteiger partial charge in [-0.1, -0.05) is 20.8 Å². The largest absolute Gasteiger partial charge is 0.374 e. The number of hydrogen-bond acceptors (Lipinski definition) is 3. The maximum atomic E-state index is 5.91. The van der Waals surface area contributed by atoms with Crippen LogP contribution in [-0.4, -0.2) is 55.2 Å². The number of halogens is 1. The number of nitrogens with one attached hydrogen (secondary N) is 1. The van der Waals surface area contributed by atoms with Gasteiger partial charge in [-0.05, 0) is 25.7 Å². The van der Waals surface area contributed by atoms with Gasteiger partial charge in [0.2, 0.25) is 0 Å². The van der Waals surface area contributed by atoms with Crippen LogP contribution < -0.4 is 5.32 Å². The van der Waals surface area contributed by atoms with Crippen molar-refractivity contribution >= 4 is 11.6 Å². The summed E-state index contributed by atoms with van der Waals surface area (Å²) in [7, 11) is 0. The smallest absolute Gasteiger partial charge is 0.0826 e. The molecule has 1 N–H and O–H groups in total. The molecule has 0 radical (unpaired) electrons. The van der Waals surface area contributed by atoms with Crippen molar-refractivity contribution in [2.45, 2.75) is 59.2 Å². The molecule has 19 heavy (non-hydrogen) atoms. The third-order valence-corrected chi connectivity index (χ3v) is 4.15. The summed E-state index contributed by atoms with van der Waals surface area (Å²) in [4.78, 5) is 2.49. The fourth-order valence-corrected chi connectivity index (χ4v) is 2.78. The molecule has 1 rings (SSSR count). The van der Waals surface area contributed by atoms with Crippen LogP contribution in [-0.2, 0) is 4.74 Å². The van der Waals surface area contributed by atoms with E-state index in [4.69, 9.17) is 16.3 Å². The maximum absolute atomic E-state index is 5.91. The fourth-order valence-electron chi connectivity index (χ4n) is 2.56. The summed E-state index contributed by atoms with van der Waals surface area (Å²) in [5.74, 6) is 0.707. The third kappa shape index (κ3) is 5.99. The highest BCUT2D eigenvalue weighted by Gasteiger charge is 2.27. The molecule has 1 saturated heterocycles. The molecule has 0 aromatic carbocycles. The summed E-state index contributed by atoms with van der Waals surface area (Å²) in [6.45, 7) is 15.1. The Kier molecular flexibility index (Phi) is 7.09. The van der Waals surface area contributed by atoms with E-state index in [1.54, 1.807) is 0 Å².